The van der Waals surface area contributed by atoms with Gasteiger partial charge in [-0.1, -0.05) is 26.8 Å². The van der Waals surface area contributed by atoms with Crippen LogP contribution in [0.4, 0.5) is 0 Å². The number of ether oxygens (including phenoxy) is 3. The SMILES string of the molecule is COC(=O)C(C)CN(CCc1ccc(OC)c(OC)c1)C(=O)C(C)C. The van der Waals surface area contributed by atoms with Gasteiger partial charge in [-0.05, 0) is 24.1 Å². The summed E-state index contributed by atoms with van der Waals surface area (Å²) in [6.45, 7) is 6.34. The van der Waals surface area contributed by atoms with Gasteiger partial charge < -0.3 is 19.1 Å². The molecule has 6 heteroatoms. The lowest BCUT2D eigenvalue weighted by Crippen LogP contribution is -2.40. The topological polar surface area (TPSA) is 65.1 Å². The van der Waals surface area contributed by atoms with Crippen LogP contribution in [0.2, 0.25) is 0 Å². The van der Waals surface area contributed by atoms with E-state index in [1.807, 2.05) is 32.0 Å². The molecule has 0 aliphatic rings. The van der Waals surface area contributed by atoms with E-state index in [1.54, 1.807) is 26.0 Å². The van der Waals surface area contributed by atoms with Gasteiger partial charge in [0.1, 0.15) is 0 Å². The number of carbonyl (C=O) groups is 2. The predicted octanol–water partition coefficient (Wildman–Crippen LogP) is 2.54. The first-order valence-electron chi connectivity index (χ1n) is 8.41. The minimum absolute atomic E-state index is 0.0243. The number of methoxy groups -OCH3 is 3. The Hall–Kier alpha value is -2.24. The minimum atomic E-state index is -0.363. The van der Waals surface area contributed by atoms with Crippen molar-refractivity contribution in [1.29, 1.82) is 0 Å². The fraction of sp³-hybridized carbons (Fsp3) is 0.579. The molecule has 1 aromatic rings. The summed E-state index contributed by atoms with van der Waals surface area (Å²) in [5.41, 5.74) is 1.03. The van der Waals surface area contributed by atoms with E-state index in [0.717, 1.165) is 5.56 Å². The van der Waals surface area contributed by atoms with Gasteiger partial charge in [-0.25, -0.2) is 0 Å². The first-order valence-corrected chi connectivity index (χ1v) is 8.41. The van der Waals surface area contributed by atoms with Crippen molar-refractivity contribution in [2.24, 2.45) is 11.8 Å². The highest BCUT2D eigenvalue weighted by atomic mass is 16.5. The Kier molecular flexibility index (Phi) is 8.25. The molecule has 0 aliphatic carbocycles. The first kappa shape index (κ1) is 20.8. The quantitative estimate of drug-likeness (QED) is 0.640. The van der Waals surface area contributed by atoms with Gasteiger partial charge in [-0.2, -0.15) is 0 Å². The number of hydrogen-bond acceptors (Lipinski definition) is 5. The molecular formula is C19H29NO5. The second-order valence-electron chi connectivity index (χ2n) is 6.30. The van der Waals surface area contributed by atoms with Gasteiger partial charge in [0, 0.05) is 19.0 Å². The fourth-order valence-electron chi connectivity index (χ4n) is 2.56. The molecule has 0 bridgehead atoms. The molecule has 0 saturated heterocycles. The van der Waals surface area contributed by atoms with E-state index in [-0.39, 0.29) is 23.7 Å². The zero-order valence-corrected chi connectivity index (χ0v) is 16.0. The molecular weight excluding hydrogens is 322 g/mol. The normalized spacial score (nSPS) is 11.8. The summed E-state index contributed by atoms with van der Waals surface area (Å²) < 4.78 is 15.3. The van der Waals surface area contributed by atoms with Crippen LogP contribution >= 0.6 is 0 Å². The molecule has 0 aromatic heterocycles. The van der Waals surface area contributed by atoms with Crippen molar-refractivity contribution in [2.45, 2.75) is 27.2 Å². The van der Waals surface area contributed by atoms with Crippen molar-refractivity contribution in [3.8, 4) is 11.5 Å². The highest BCUT2D eigenvalue weighted by molar-refractivity contribution is 5.79. The molecule has 6 nitrogen and oxygen atoms in total. The number of hydrogen-bond donors (Lipinski definition) is 0. The number of rotatable bonds is 9. The summed E-state index contributed by atoms with van der Waals surface area (Å²) in [5.74, 6) is 0.544. The average Bonchev–Trinajstić information content (AvgIpc) is 2.62. The van der Waals surface area contributed by atoms with Crippen molar-refractivity contribution < 1.29 is 23.8 Å². The van der Waals surface area contributed by atoms with Crippen molar-refractivity contribution in [3.63, 3.8) is 0 Å². The number of benzene rings is 1. The van der Waals surface area contributed by atoms with Crippen LogP contribution in [0.5, 0.6) is 11.5 Å². The van der Waals surface area contributed by atoms with Gasteiger partial charge in [-0.3, -0.25) is 9.59 Å². The van der Waals surface area contributed by atoms with Gasteiger partial charge in [-0.15, -0.1) is 0 Å². The molecule has 25 heavy (non-hydrogen) atoms. The zero-order chi connectivity index (χ0) is 19.0. The molecule has 1 unspecified atom stereocenters. The van der Waals surface area contributed by atoms with Gasteiger partial charge in [0.15, 0.2) is 11.5 Å². The number of amides is 1. The number of carbonyl (C=O) groups excluding carboxylic acids is 2. The van der Waals surface area contributed by atoms with Crippen LogP contribution in [-0.2, 0) is 20.7 Å². The van der Waals surface area contributed by atoms with E-state index < -0.39 is 0 Å². The average molecular weight is 351 g/mol. The maximum Gasteiger partial charge on any atom is 0.310 e. The molecule has 0 N–H and O–H groups in total. The summed E-state index contributed by atoms with van der Waals surface area (Å²) in [7, 11) is 4.54. The molecule has 1 aromatic carbocycles. The highest BCUT2D eigenvalue weighted by Gasteiger charge is 2.23. The lowest BCUT2D eigenvalue weighted by Gasteiger charge is -2.27. The zero-order valence-electron chi connectivity index (χ0n) is 16.0. The standard InChI is InChI=1S/C19H29NO5/c1-13(2)18(21)20(12-14(3)19(22)25-6)10-9-15-7-8-16(23-4)17(11-15)24-5/h7-8,11,13-14H,9-10,12H2,1-6H3. The Morgan fingerprint density at radius 3 is 2.20 bits per heavy atom. The maximum absolute atomic E-state index is 12.5. The summed E-state index contributed by atoms with van der Waals surface area (Å²) in [6, 6.07) is 5.70. The lowest BCUT2D eigenvalue weighted by atomic mass is 10.1. The molecule has 0 heterocycles. The molecule has 0 fully saturated rings. The largest absolute Gasteiger partial charge is 0.493 e. The van der Waals surface area contributed by atoms with Crippen molar-refractivity contribution in [3.05, 3.63) is 23.8 Å². The smallest absolute Gasteiger partial charge is 0.310 e. The summed E-state index contributed by atoms with van der Waals surface area (Å²) in [6.07, 6.45) is 0.659. The predicted molar refractivity (Wildman–Crippen MR) is 95.8 cm³/mol. The molecule has 140 valence electrons. The van der Waals surface area contributed by atoms with E-state index in [4.69, 9.17) is 14.2 Å². The maximum atomic E-state index is 12.5. The second-order valence-corrected chi connectivity index (χ2v) is 6.30. The van der Waals surface area contributed by atoms with Crippen LogP contribution in [-0.4, -0.2) is 51.2 Å². The molecule has 1 atom stereocenters. The summed E-state index contributed by atoms with van der Waals surface area (Å²) in [5, 5.41) is 0. The summed E-state index contributed by atoms with van der Waals surface area (Å²) in [4.78, 5) is 25.9. The van der Waals surface area contributed by atoms with Crippen molar-refractivity contribution >= 4 is 11.9 Å². The molecule has 0 spiro atoms. The third kappa shape index (κ3) is 5.96. The third-order valence-corrected chi connectivity index (χ3v) is 4.02. The lowest BCUT2D eigenvalue weighted by molar-refractivity contribution is -0.146. The second kappa shape index (κ2) is 9.91. The van der Waals surface area contributed by atoms with Crippen LogP contribution in [0.1, 0.15) is 26.3 Å². The Balaban J connectivity index is 2.84. The van der Waals surface area contributed by atoms with E-state index in [0.29, 0.717) is 31.0 Å². The van der Waals surface area contributed by atoms with E-state index in [9.17, 15) is 9.59 Å². The van der Waals surface area contributed by atoms with Crippen LogP contribution in [0.3, 0.4) is 0 Å². The molecule has 0 radical (unpaired) electrons. The van der Waals surface area contributed by atoms with E-state index >= 15 is 0 Å². The van der Waals surface area contributed by atoms with Gasteiger partial charge in [0.2, 0.25) is 5.91 Å². The van der Waals surface area contributed by atoms with Crippen LogP contribution < -0.4 is 9.47 Å². The van der Waals surface area contributed by atoms with Crippen molar-refractivity contribution in [1.82, 2.24) is 4.90 Å². The number of nitrogens with zero attached hydrogens (tertiary/aromatic N) is 1. The van der Waals surface area contributed by atoms with Gasteiger partial charge in [0.05, 0.1) is 27.2 Å². The number of esters is 1. The monoisotopic (exact) mass is 351 g/mol. The van der Waals surface area contributed by atoms with Crippen molar-refractivity contribution in [2.75, 3.05) is 34.4 Å². The Bertz CT molecular complexity index is 585. The Morgan fingerprint density at radius 1 is 1.04 bits per heavy atom. The van der Waals surface area contributed by atoms with Crippen LogP contribution in [0.25, 0.3) is 0 Å². The molecule has 1 amide bonds. The van der Waals surface area contributed by atoms with Gasteiger partial charge in [0.25, 0.3) is 0 Å². The summed E-state index contributed by atoms with van der Waals surface area (Å²) >= 11 is 0. The third-order valence-electron chi connectivity index (χ3n) is 4.02. The molecule has 1 rings (SSSR count). The highest BCUT2D eigenvalue weighted by Crippen LogP contribution is 2.27. The molecule has 0 saturated carbocycles. The molecule has 0 aliphatic heterocycles. The Morgan fingerprint density at radius 2 is 1.68 bits per heavy atom. The first-order chi connectivity index (χ1) is 11.8. The van der Waals surface area contributed by atoms with E-state index in [2.05, 4.69) is 0 Å². The Labute approximate surface area is 150 Å². The minimum Gasteiger partial charge on any atom is -0.493 e. The van der Waals surface area contributed by atoms with Crippen LogP contribution in [0.15, 0.2) is 18.2 Å². The fourth-order valence-corrected chi connectivity index (χ4v) is 2.56. The van der Waals surface area contributed by atoms with E-state index in [1.165, 1.54) is 7.11 Å². The van der Waals surface area contributed by atoms with Crippen LogP contribution in [0, 0.1) is 11.8 Å². The van der Waals surface area contributed by atoms with Gasteiger partial charge >= 0.3 is 5.97 Å².